The highest BCUT2D eigenvalue weighted by Crippen LogP contribution is 2.44. The normalized spacial score (nSPS) is 29.2. The molecular weight excluding hydrogens is 712 g/mol. The average molecular weight is 753 g/mol. The Morgan fingerprint density at radius 3 is 2.26 bits per heavy atom. The number of nitrogens with one attached hydrogen (secondary N) is 8. The number of carbonyl (C=O) groups excluding carboxylic acids is 9. The molecule has 53 heavy (non-hydrogen) atoms. The van der Waals surface area contributed by atoms with Crippen molar-refractivity contribution in [3.8, 4) is 0 Å². The zero-order chi connectivity index (χ0) is 38.0. The molecule has 9 amide bonds. The number of thioether (sulfide) groups is 1. The number of rotatable bonds is 2. The number of aromatic nitrogens is 1. The molecule has 1 aromatic carbocycles. The molecule has 6 atom stereocenters. The number of fused-ring (bicyclic) bond motifs is 4. The van der Waals surface area contributed by atoms with Crippen LogP contribution in [-0.2, 0) is 49.6 Å². The van der Waals surface area contributed by atoms with E-state index in [1.807, 2.05) is 0 Å². The van der Waals surface area contributed by atoms with Gasteiger partial charge in [-0.15, -0.1) is 0 Å². The standard InChI is InChI=1S/C33H40N10O9S/c1-15-11-33(15)32(52)40-19-9-17-16-5-2-3-6-18(16)39-29(17)53-30(41-25(47)14-36-23(45)12-35-24(46)13-37-26(19)48)28(50)38-20(10-22(34)44)31(51)43-8-4-7-21(43)27(49)42-33/h2-3,5-6,15,19-21,30,39H,4,7-14H2,1H3,(H2,34,44)(H,35,46)(H,36,45)(H,37,48)(H,38,50)(H,40,52)(H,41,47)(H,42,49). The van der Waals surface area contributed by atoms with Crippen molar-refractivity contribution in [2.45, 2.75) is 73.1 Å². The molecule has 6 rings (SSSR count). The summed E-state index contributed by atoms with van der Waals surface area (Å²) in [5.74, 6) is -7.25. The van der Waals surface area contributed by atoms with E-state index in [0.717, 1.165) is 11.8 Å². The minimum absolute atomic E-state index is 0.111. The van der Waals surface area contributed by atoms with E-state index in [9.17, 15) is 43.2 Å². The van der Waals surface area contributed by atoms with Gasteiger partial charge in [0.15, 0.2) is 5.37 Å². The summed E-state index contributed by atoms with van der Waals surface area (Å²) in [5.41, 5.74) is 5.11. The molecule has 0 radical (unpaired) electrons. The van der Waals surface area contributed by atoms with Crippen LogP contribution in [0.5, 0.6) is 0 Å². The Morgan fingerprint density at radius 2 is 1.57 bits per heavy atom. The lowest BCUT2D eigenvalue weighted by molar-refractivity contribution is -0.143. The van der Waals surface area contributed by atoms with E-state index in [2.05, 4.69) is 42.2 Å². The lowest BCUT2D eigenvalue weighted by Gasteiger charge is -2.30. The van der Waals surface area contributed by atoms with Crippen LogP contribution >= 0.6 is 11.8 Å². The highest BCUT2D eigenvalue weighted by atomic mass is 32.2. The number of amides is 9. The Labute approximate surface area is 306 Å². The number of nitrogens with two attached hydrogens (primary N) is 1. The number of benzene rings is 1. The number of hydrogen-bond donors (Lipinski definition) is 9. The number of primary amides is 1. The maximum Gasteiger partial charge on any atom is 0.254 e. The Kier molecular flexibility index (Phi) is 10.6. The van der Waals surface area contributed by atoms with Gasteiger partial charge < -0.3 is 52.8 Å². The van der Waals surface area contributed by atoms with Crippen molar-refractivity contribution in [3.63, 3.8) is 0 Å². The first-order chi connectivity index (χ1) is 25.2. The van der Waals surface area contributed by atoms with Crippen LogP contribution in [0.3, 0.4) is 0 Å². The van der Waals surface area contributed by atoms with Gasteiger partial charge in [0.1, 0.15) is 23.7 Å². The van der Waals surface area contributed by atoms with Crippen LogP contribution in [0.2, 0.25) is 0 Å². The fourth-order valence-corrected chi connectivity index (χ4v) is 7.95. The predicted octanol–water partition coefficient (Wildman–Crippen LogP) is -3.65. The Balaban J connectivity index is 1.48. The molecule has 10 N–H and O–H groups in total. The van der Waals surface area contributed by atoms with Gasteiger partial charge in [-0.2, -0.15) is 0 Å². The molecular formula is C33H40N10O9S. The highest BCUT2D eigenvalue weighted by molar-refractivity contribution is 8.00. The number of hydrogen-bond acceptors (Lipinski definition) is 10. The number of nitrogens with zero attached hydrogens (tertiary/aromatic N) is 1. The van der Waals surface area contributed by atoms with Crippen LogP contribution in [0.25, 0.3) is 10.9 Å². The third kappa shape index (κ3) is 8.06. The molecule has 4 aliphatic rings. The Morgan fingerprint density at radius 1 is 0.887 bits per heavy atom. The number of aromatic amines is 1. The third-order valence-electron chi connectivity index (χ3n) is 9.81. The summed E-state index contributed by atoms with van der Waals surface area (Å²) >= 11 is 0.822. The molecule has 282 valence electrons. The predicted molar refractivity (Wildman–Crippen MR) is 186 cm³/mol. The molecule has 4 heterocycles. The van der Waals surface area contributed by atoms with Crippen LogP contribution in [-0.4, -0.2) is 118 Å². The Hall–Kier alpha value is -5.66. The maximum absolute atomic E-state index is 14.1. The first-order valence-electron chi connectivity index (χ1n) is 17.1. The van der Waals surface area contributed by atoms with Crippen LogP contribution in [0, 0.1) is 5.92 Å². The molecule has 6 unspecified atom stereocenters. The number of carbonyl (C=O) groups is 9. The van der Waals surface area contributed by atoms with Gasteiger partial charge in [-0.3, -0.25) is 43.2 Å². The summed E-state index contributed by atoms with van der Waals surface area (Å²) in [6, 6.07) is 3.09. The summed E-state index contributed by atoms with van der Waals surface area (Å²) in [6.07, 6.45) is 0.0801. The van der Waals surface area contributed by atoms with Crippen molar-refractivity contribution >= 4 is 75.8 Å². The second kappa shape index (κ2) is 15.1. The first kappa shape index (κ1) is 37.1. The van der Waals surface area contributed by atoms with E-state index < -0.39 is 108 Å². The third-order valence-corrected chi connectivity index (χ3v) is 11.0. The molecule has 3 aliphatic heterocycles. The Bertz CT molecular complexity index is 1900. The van der Waals surface area contributed by atoms with Gasteiger partial charge in [-0.25, -0.2) is 0 Å². The molecule has 19 nitrogen and oxygen atoms in total. The fraction of sp³-hybridized carbons (Fsp3) is 0.485. The van der Waals surface area contributed by atoms with E-state index in [1.165, 1.54) is 4.90 Å². The van der Waals surface area contributed by atoms with Gasteiger partial charge >= 0.3 is 0 Å². The molecule has 1 saturated heterocycles. The zero-order valence-electron chi connectivity index (χ0n) is 28.7. The lowest BCUT2D eigenvalue weighted by atomic mass is 10.0. The van der Waals surface area contributed by atoms with Crippen molar-refractivity contribution in [2.75, 3.05) is 26.2 Å². The molecule has 1 saturated carbocycles. The lowest BCUT2D eigenvalue weighted by Crippen LogP contribution is -2.60. The second-order valence-corrected chi connectivity index (χ2v) is 14.6. The van der Waals surface area contributed by atoms with Gasteiger partial charge in [0.25, 0.3) is 5.91 Å². The van der Waals surface area contributed by atoms with Crippen molar-refractivity contribution < 1.29 is 43.2 Å². The summed E-state index contributed by atoms with van der Waals surface area (Å²) < 4.78 is 0. The SMILES string of the molecule is CC1CC12NC(=O)C1CCCN1C(=O)C(CC(N)=O)NC(=O)C1NC(=O)CNC(=O)CNC(=O)CNC(=O)C(Cc3c([nH]c4ccccc34)S1)NC2=O. The van der Waals surface area contributed by atoms with E-state index in [1.54, 1.807) is 31.2 Å². The van der Waals surface area contributed by atoms with Crippen LogP contribution < -0.4 is 43.0 Å². The second-order valence-electron chi connectivity index (χ2n) is 13.5. The van der Waals surface area contributed by atoms with E-state index in [-0.39, 0.29) is 31.7 Å². The van der Waals surface area contributed by atoms with E-state index in [4.69, 9.17) is 5.73 Å². The maximum atomic E-state index is 14.1. The van der Waals surface area contributed by atoms with Crippen LogP contribution in [0.15, 0.2) is 29.3 Å². The molecule has 1 spiro atoms. The fourth-order valence-electron chi connectivity index (χ4n) is 6.84. The van der Waals surface area contributed by atoms with Gasteiger partial charge in [0.05, 0.1) is 31.1 Å². The molecule has 20 heteroatoms. The van der Waals surface area contributed by atoms with E-state index in [0.29, 0.717) is 27.9 Å². The smallest absolute Gasteiger partial charge is 0.254 e. The van der Waals surface area contributed by atoms with Crippen molar-refractivity contribution in [1.82, 2.24) is 47.1 Å². The topological polar surface area (TPSA) is 283 Å². The van der Waals surface area contributed by atoms with Gasteiger partial charge in [0, 0.05) is 23.9 Å². The van der Waals surface area contributed by atoms with Crippen molar-refractivity contribution in [3.05, 3.63) is 29.8 Å². The monoisotopic (exact) mass is 752 g/mol. The molecule has 2 fully saturated rings. The zero-order valence-corrected chi connectivity index (χ0v) is 29.5. The summed E-state index contributed by atoms with van der Waals surface area (Å²) in [7, 11) is 0. The summed E-state index contributed by atoms with van der Waals surface area (Å²) in [4.78, 5) is 125. The van der Waals surface area contributed by atoms with Gasteiger partial charge in [-0.1, -0.05) is 36.9 Å². The minimum Gasteiger partial charge on any atom is -0.370 e. The summed E-state index contributed by atoms with van der Waals surface area (Å²) in [5, 5.41) is 17.3. The van der Waals surface area contributed by atoms with Crippen molar-refractivity contribution in [1.29, 1.82) is 0 Å². The van der Waals surface area contributed by atoms with Crippen molar-refractivity contribution in [2.24, 2.45) is 11.7 Å². The highest BCUT2D eigenvalue weighted by Gasteiger charge is 2.60. The minimum atomic E-state index is -1.53. The summed E-state index contributed by atoms with van der Waals surface area (Å²) in [6.45, 7) is 0.180. The number of para-hydroxylation sites is 1. The largest absolute Gasteiger partial charge is 0.370 e. The number of H-pyrrole nitrogens is 1. The van der Waals surface area contributed by atoms with Gasteiger partial charge in [0.2, 0.25) is 47.3 Å². The molecule has 2 bridgehead atoms. The average Bonchev–Trinajstić information content (AvgIpc) is 3.41. The molecule has 1 aromatic heterocycles. The first-order valence-corrected chi connectivity index (χ1v) is 18.0. The molecule has 2 aromatic rings. The molecule has 1 aliphatic carbocycles. The quantitative estimate of drug-likeness (QED) is 0.145. The van der Waals surface area contributed by atoms with Gasteiger partial charge in [-0.05, 0) is 36.8 Å². The van der Waals surface area contributed by atoms with Crippen LogP contribution in [0.4, 0.5) is 0 Å². The van der Waals surface area contributed by atoms with E-state index >= 15 is 0 Å². The van der Waals surface area contributed by atoms with Crippen LogP contribution in [0.1, 0.15) is 38.2 Å².